The van der Waals surface area contributed by atoms with Gasteiger partial charge in [0, 0.05) is 23.3 Å². The SMILES string of the molecule is c1ccc2cc(-c3ccc4c(ccc5c4ccc4cccc(-c6ccc7c(c6)-c6cccc8c(-c9cc(-c%10ccc%11cccnc%11c%10)ccn9)ccc-7c68)c45)c3)ccc2c1. The molecule has 13 rings (SSSR count). The summed E-state index contributed by atoms with van der Waals surface area (Å²) in [5.41, 5.74) is 15.4. The summed E-state index contributed by atoms with van der Waals surface area (Å²) < 4.78 is 0. The van der Waals surface area contributed by atoms with Crippen LogP contribution in [0, 0.1) is 0 Å². The predicted octanol–water partition coefficient (Wildman–Crippen LogP) is 15.7. The minimum absolute atomic E-state index is 0.967. The number of nitrogens with zero attached hydrogens (tertiary/aromatic N) is 2. The average Bonchev–Trinajstić information content (AvgIpc) is 3.64. The van der Waals surface area contributed by atoms with Crippen molar-refractivity contribution in [1.29, 1.82) is 0 Å². The van der Waals surface area contributed by atoms with E-state index in [9.17, 15) is 0 Å². The van der Waals surface area contributed by atoms with Gasteiger partial charge in [0.25, 0.3) is 0 Å². The number of rotatable bonds is 4. The van der Waals surface area contributed by atoms with E-state index < -0.39 is 0 Å². The lowest BCUT2D eigenvalue weighted by molar-refractivity contribution is 1.33. The van der Waals surface area contributed by atoms with Crippen molar-refractivity contribution in [3.05, 3.63) is 207 Å². The van der Waals surface area contributed by atoms with Crippen molar-refractivity contribution in [2.45, 2.75) is 0 Å². The molecule has 2 aromatic heterocycles. The van der Waals surface area contributed by atoms with Gasteiger partial charge in [0.1, 0.15) is 0 Å². The summed E-state index contributed by atoms with van der Waals surface area (Å²) in [6.45, 7) is 0. The molecule has 12 aromatic rings. The second-order valence-electron chi connectivity index (χ2n) is 16.1. The van der Waals surface area contributed by atoms with Gasteiger partial charge >= 0.3 is 0 Å². The lowest BCUT2D eigenvalue weighted by Crippen LogP contribution is -1.88. The molecule has 60 heavy (non-hydrogen) atoms. The van der Waals surface area contributed by atoms with Crippen LogP contribution in [0.25, 0.3) is 132 Å². The molecule has 0 saturated heterocycles. The standard InChI is InChI=1S/C58H34N2/c1-2-7-38-30-39(15-13-35(38)6-1)40-18-21-45-43(31-40)20-24-52-47(45)22-17-37-8-3-10-46(57(37)52)44-19-23-48-53-26-25-49(50-11-4-12-51(58(50)53)54(48)32-44)56-34-42(27-29-60-56)41-16-14-36-9-5-28-59-55(36)33-41/h1-34H. The highest BCUT2D eigenvalue weighted by Crippen LogP contribution is 2.51. The molecule has 0 fully saturated rings. The van der Waals surface area contributed by atoms with Crippen molar-refractivity contribution in [3.8, 4) is 66.9 Å². The average molecular weight is 759 g/mol. The van der Waals surface area contributed by atoms with E-state index in [-0.39, 0.29) is 0 Å². The van der Waals surface area contributed by atoms with Gasteiger partial charge in [-0.2, -0.15) is 0 Å². The maximum Gasteiger partial charge on any atom is 0.0714 e. The zero-order valence-electron chi connectivity index (χ0n) is 32.5. The molecule has 2 heteroatoms. The summed E-state index contributed by atoms with van der Waals surface area (Å²) in [6, 6.07) is 71.5. The summed E-state index contributed by atoms with van der Waals surface area (Å²) in [5, 5.41) is 13.8. The highest BCUT2D eigenvalue weighted by molar-refractivity contribution is 6.22. The quantitative estimate of drug-likeness (QED) is 0.167. The Morgan fingerprint density at radius 2 is 0.900 bits per heavy atom. The third-order valence-corrected chi connectivity index (χ3v) is 12.9. The Hall–Kier alpha value is -7.94. The number of benzene rings is 10. The predicted molar refractivity (Wildman–Crippen MR) is 253 cm³/mol. The fraction of sp³-hybridized carbons (Fsp3) is 0. The number of aromatic nitrogens is 2. The number of fused-ring (bicyclic) bond motifs is 10. The molecule has 0 atom stereocenters. The molecule has 276 valence electrons. The fourth-order valence-electron chi connectivity index (χ4n) is 9.98. The van der Waals surface area contributed by atoms with E-state index in [0.29, 0.717) is 0 Å². The van der Waals surface area contributed by atoms with E-state index >= 15 is 0 Å². The Morgan fingerprint density at radius 3 is 1.85 bits per heavy atom. The first-order chi connectivity index (χ1) is 29.7. The molecule has 0 unspecified atom stereocenters. The molecular formula is C58H34N2. The van der Waals surface area contributed by atoms with E-state index in [1.54, 1.807) is 0 Å². The first kappa shape index (κ1) is 33.1. The molecule has 0 N–H and O–H groups in total. The minimum atomic E-state index is 0.967. The molecule has 0 bridgehead atoms. The number of hydrogen-bond acceptors (Lipinski definition) is 2. The Balaban J connectivity index is 0.908. The van der Waals surface area contributed by atoms with Crippen LogP contribution in [-0.4, -0.2) is 9.97 Å². The smallest absolute Gasteiger partial charge is 0.0714 e. The molecule has 0 saturated carbocycles. The molecule has 0 aliphatic heterocycles. The van der Waals surface area contributed by atoms with Crippen LogP contribution >= 0.6 is 0 Å². The van der Waals surface area contributed by atoms with Gasteiger partial charge < -0.3 is 0 Å². The topological polar surface area (TPSA) is 25.8 Å². The third-order valence-electron chi connectivity index (χ3n) is 12.9. The number of hydrogen-bond donors (Lipinski definition) is 0. The lowest BCUT2D eigenvalue weighted by atomic mass is 9.89. The van der Waals surface area contributed by atoms with Crippen LogP contribution < -0.4 is 0 Å². The van der Waals surface area contributed by atoms with Crippen LogP contribution in [0.3, 0.4) is 0 Å². The summed E-state index contributed by atoms with van der Waals surface area (Å²) in [4.78, 5) is 9.52. The van der Waals surface area contributed by atoms with E-state index in [0.717, 1.165) is 33.3 Å². The minimum Gasteiger partial charge on any atom is -0.256 e. The van der Waals surface area contributed by atoms with Crippen LogP contribution in [0.2, 0.25) is 0 Å². The fourth-order valence-corrected chi connectivity index (χ4v) is 9.98. The molecule has 1 aliphatic carbocycles. The maximum absolute atomic E-state index is 4.92. The highest BCUT2D eigenvalue weighted by atomic mass is 14.7. The van der Waals surface area contributed by atoms with Gasteiger partial charge in [-0.25, -0.2) is 0 Å². The molecular weight excluding hydrogens is 725 g/mol. The summed E-state index contributed by atoms with van der Waals surface area (Å²) in [5.74, 6) is 0. The van der Waals surface area contributed by atoms with Crippen LogP contribution in [0.4, 0.5) is 0 Å². The van der Waals surface area contributed by atoms with Crippen LogP contribution in [0.1, 0.15) is 0 Å². The highest BCUT2D eigenvalue weighted by Gasteiger charge is 2.24. The Kier molecular flexibility index (Phi) is 7.05. The van der Waals surface area contributed by atoms with Gasteiger partial charge in [-0.15, -0.1) is 0 Å². The van der Waals surface area contributed by atoms with Crippen LogP contribution in [0.5, 0.6) is 0 Å². The maximum atomic E-state index is 4.92. The monoisotopic (exact) mass is 758 g/mol. The lowest BCUT2D eigenvalue weighted by Gasteiger charge is -2.14. The molecule has 1 aliphatic rings. The largest absolute Gasteiger partial charge is 0.256 e. The van der Waals surface area contributed by atoms with Gasteiger partial charge in [-0.3, -0.25) is 9.97 Å². The molecule has 2 nitrogen and oxygen atoms in total. The normalized spacial score (nSPS) is 12.0. The Morgan fingerprint density at radius 1 is 0.250 bits per heavy atom. The van der Waals surface area contributed by atoms with Crippen molar-refractivity contribution in [3.63, 3.8) is 0 Å². The van der Waals surface area contributed by atoms with Crippen molar-refractivity contribution >= 4 is 64.8 Å². The number of pyridine rings is 2. The molecule has 10 aromatic carbocycles. The van der Waals surface area contributed by atoms with Gasteiger partial charge in [0.15, 0.2) is 0 Å². The van der Waals surface area contributed by atoms with Gasteiger partial charge in [0.2, 0.25) is 0 Å². The molecule has 0 spiro atoms. The van der Waals surface area contributed by atoms with Gasteiger partial charge in [-0.1, -0.05) is 152 Å². The summed E-state index contributed by atoms with van der Waals surface area (Å²) in [7, 11) is 0. The van der Waals surface area contributed by atoms with Crippen molar-refractivity contribution in [2.24, 2.45) is 0 Å². The van der Waals surface area contributed by atoms with Gasteiger partial charge in [0.05, 0.1) is 11.2 Å². The van der Waals surface area contributed by atoms with E-state index in [4.69, 9.17) is 4.98 Å². The second kappa shape index (κ2) is 12.8. The van der Waals surface area contributed by atoms with E-state index in [1.165, 1.54) is 98.4 Å². The van der Waals surface area contributed by atoms with Crippen LogP contribution in [0.15, 0.2) is 207 Å². The van der Waals surface area contributed by atoms with E-state index in [1.807, 2.05) is 18.5 Å². The first-order valence-electron chi connectivity index (χ1n) is 20.6. The Labute approximate surface area is 346 Å². The van der Waals surface area contributed by atoms with Crippen molar-refractivity contribution < 1.29 is 0 Å². The molecule has 2 heterocycles. The zero-order valence-corrected chi connectivity index (χ0v) is 32.5. The summed E-state index contributed by atoms with van der Waals surface area (Å²) in [6.07, 6.45) is 3.78. The Bertz CT molecular complexity index is 3780. The van der Waals surface area contributed by atoms with Crippen molar-refractivity contribution in [1.82, 2.24) is 9.97 Å². The molecule has 0 amide bonds. The zero-order chi connectivity index (χ0) is 39.3. The van der Waals surface area contributed by atoms with Crippen LogP contribution in [-0.2, 0) is 0 Å². The molecule has 0 radical (unpaired) electrons. The third kappa shape index (κ3) is 5.01. The second-order valence-corrected chi connectivity index (χ2v) is 16.1. The van der Waals surface area contributed by atoms with Gasteiger partial charge in [-0.05, 0) is 152 Å². The first-order valence-corrected chi connectivity index (χ1v) is 20.6. The summed E-state index contributed by atoms with van der Waals surface area (Å²) >= 11 is 0. The van der Waals surface area contributed by atoms with E-state index in [2.05, 4.69) is 193 Å². The van der Waals surface area contributed by atoms with Crippen molar-refractivity contribution in [2.75, 3.05) is 0 Å².